The number of fused-ring (bicyclic) bond motifs is 1. The lowest BCUT2D eigenvalue weighted by Gasteiger charge is -1.92. The van der Waals surface area contributed by atoms with Gasteiger partial charge >= 0.3 is 0 Å². The van der Waals surface area contributed by atoms with Gasteiger partial charge in [0.1, 0.15) is 0 Å². The van der Waals surface area contributed by atoms with Gasteiger partial charge in [0, 0.05) is 11.1 Å². The summed E-state index contributed by atoms with van der Waals surface area (Å²) in [4.78, 5) is 4.23. The Kier molecular flexibility index (Phi) is 3.43. The zero-order chi connectivity index (χ0) is 9.68. The molecule has 0 aliphatic carbocycles. The first-order chi connectivity index (χ1) is 6.40. The van der Waals surface area contributed by atoms with Crippen LogP contribution in [0.3, 0.4) is 0 Å². The highest BCUT2D eigenvalue weighted by molar-refractivity contribution is 5.76. The molecule has 3 nitrogen and oxygen atoms in total. The first kappa shape index (κ1) is 9.71. The lowest BCUT2D eigenvalue weighted by molar-refractivity contribution is 1.04. The molecule has 70 valence electrons. The van der Waals surface area contributed by atoms with E-state index in [4.69, 9.17) is 0 Å². The highest BCUT2D eigenvalue weighted by atomic mass is 15.1. The highest BCUT2D eigenvalue weighted by Crippen LogP contribution is 2.09. The van der Waals surface area contributed by atoms with Crippen LogP contribution in [-0.4, -0.2) is 15.2 Å². The third-order valence-electron chi connectivity index (χ3n) is 1.74. The molecule has 1 N–H and O–H groups in total. The van der Waals surface area contributed by atoms with Gasteiger partial charge in [-0.25, -0.2) is 0 Å². The molecular formula is C10H15N3. The van der Waals surface area contributed by atoms with Gasteiger partial charge in [-0.2, -0.15) is 5.10 Å². The maximum Gasteiger partial charge on any atom is 0.0833 e. The summed E-state index contributed by atoms with van der Waals surface area (Å²) in [6, 6.07) is 2.05. The molecule has 2 heterocycles. The van der Waals surface area contributed by atoms with Gasteiger partial charge in [-0.1, -0.05) is 20.8 Å². The molecular weight excluding hydrogens is 162 g/mol. The first-order valence-corrected chi connectivity index (χ1v) is 4.68. The predicted octanol–water partition coefficient (Wildman–Crippen LogP) is 2.55. The predicted molar refractivity (Wildman–Crippen MR) is 54.6 cm³/mol. The second kappa shape index (κ2) is 4.60. The summed E-state index contributed by atoms with van der Waals surface area (Å²) in [5.74, 6) is 0. The fourth-order valence-corrected chi connectivity index (χ4v) is 1.08. The number of rotatable bonds is 1. The number of hydrogen-bond acceptors (Lipinski definition) is 2. The van der Waals surface area contributed by atoms with Gasteiger partial charge < -0.3 is 0 Å². The van der Waals surface area contributed by atoms with Crippen molar-refractivity contribution in [1.82, 2.24) is 15.2 Å². The summed E-state index contributed by atoms with van der Waals surface area (Å²) >= 11 is 0. The number of nitrogens with zero attached hydrogens (tertiary/aromatic N) is 2. The second-order valence-electron chi connectivity index (χ2n) is 2.49. The summed E-state index contributed by atoms with van der Waals surface area (Å²) in [6.45, 7) is 6.09. The largest absolute Gasteiger partial charge is 0.276 e. The third kappa shape index (κ3) is 2.05. The zero-order valence-electron chi connectivity index (χ0n) is 8.33. The van der Waals surface area contributed by atoms with Gasteiger partial charge in [0.05, 0.1) is 17.9 Å². The minimum atomic E-state index is 0.973. The molecule has 0 saturated carbocycles. The van der Waals surface area contributed by atoms with E-state index < -0.39 is 0 Å². The Balaban J connectivity index is 0.000000396. The van der Waals surface area contributed by atoms with Gasteiger partial charge in [0.25, 0.3) is 0 Å². The first-order valence-electron chi connectivity index (χ1n) is 4.68. The molecule has 2 rings (SSSR count). The molecule has 2 aromatic rings. The van der Waals surface area contributed by atoms with E-state index in [0.29, 0.717) is 0 Å². The summed E-state index contributed by atoms with van der Waals surface area (Å²) in [6.07, 6.45) is 4.61. The Hall–Kier alpha value is -1.38. The SMILES string of the molecule is CC.CCc1cc2cn[nH]c2cn1. The lowest BCUT2D eigenvalue weighted by Crippen LogP contribution is -1.84. The summed E-state index contributed by atoms with van der Waals surface area (Å²) in [5.41, 5.74) is 2.11. The Bertz CT molecular complexity index is 365. The molecule has 3 heteroatoms. The van der Waals surface area contributed by atoms with E-state index in [0.717, 1.165) is 23.0 Å². The van der Waals surface area contributed by atoms with Crippen molar-refractivity contribution in [3.05, 3.63) is 24.2 Å². The molecule has 0 fully saturated rings. The Labute approximate surface area is 78.2 Å². The third-order valence-corrected chi connectivity index (χ3v) is 1.74. The standard InChI is InChI=1S/C8H9N3.C2H6/c1-2-7-3-6-4-10-11-8(6)5-9-7;1-2/h3-5H,2H2,1H3,(H,10,11);1-2H3. The molecule has 0 unspecified atom stereocenters. The number of aryl methyl sites for hydroxylation is 1. The van der Waals surface area contributed by atoms with E-state index in [-0.39, 0.29) is 0 Å². The molecule has 0 atom stereocenters. The number of nitrogens with one attached hydrogen (secondary N) is 1. The molecule has 0 aromatic carbocycles. The molecule has 0 saturated heterocycles. The molecule has 0 bridgehead atoms. The fraction of sp³-hybridized carbons (Fsp3) is 0.400. The van der Waals surface area contributed by atoms with E-state index in [9.17, 15) is 0 Å². The van der Waals surface area contributed by atoms with Gasteiger partial charge in [0.15, 0.2) is 0 Å². The lowest BCUT2D eigenvalue weighted by atomic mass is 10.2. The van der Waals surface area contributed by atoms with Gasteiger partial charge in [-0.15, -0.1) is 0 Å². The van der Waals surface area contributed by atoms with Crippen LogP contribution in [0.5, 0.6) is 0 Å². The smallest absolute Gasteiger partial charge is 0.0833 e. The zero-order valence-corrected chi connectivity index (χ0v) is 8.33. The quantitative estimate of drug-likeness (QED) is 0.727. The molecule has 0 radical (unpaired) electrons. The van der Waals surface area contributed by atoms with Crippen molar-refractivity contribution in [2.45, 2.75) is 27.2 Å². The maximum absolute atomic E-state index is 4.23. The molecule has 0 aliphatic heterocycles. The summed E-state index contributed by atoms with van der Waals surface area (Å²) in [5, 5.41) is 7.91. The van der Waals surface area contributed by atoms with E-state index >= 15 is 0 Å². The Morgan fingerprint density at radius 2 is 2.08 bits per heavy atom. The van der Waals surface area contributed by atoms with Gasteiger partial charge in [-0.05, 0) is 12.5 Å². The summed E-state index contributed by atoms with van der Waals surface area (Å²) in [7, 11) is 0. The molecule has 0 aliphatic rings. The molecule has 0 spiro atoms. The maximum atomic E-state index is 4.23. The van der Waals surface area contributed by atoms with Crippen LogP contribution in [0.1, 0.15) is 26.5 Å². The van der Waals surface area contributed by atoms with Crippen molar-refractivity contribution >= 4 is 10.9 Å². The van der Waals surface area contributed by atoms with Crippen LogP contribution in [0.25, 0.3) is 10.9 Å². The van der Waals surface area contributed by atoms with Crippen molar-refractivity contribution in [2.24, 2.45) is 0 Å². The van der Waals surface area contributed by atoms with Gasteiger partial charge in [0.2, 0.25) is 0 Å². The Morgan fingerprint density at radius 3 is 2.77 bits per heavy atom. The van der Waals surface area contributed by atoms with Crippen molar-refractivity contribution < 1.29 is 0 Å². The van der Waals surface area contributed by atoms with E-state index in [1.54, 1.807) is 0 Å². The number of aromatic amines is 1. The topological polar surface area (TPSA) is 41.6 Å². The van der Waals surface area contributed by atoms with Crippen LogP contribution < -0.4 is 0 Å². The van der Waals surface area contributed by atoms with Crippen LogP contribution in [0.2, 0.25) is 0 Å². The van der Waals surface area contributed by atoms with Crippen molar-refractivity contribution in [2.75, 3.05) is 0 Å². The minimum absolute atomic E-state index is 0.973. The molecule has 0 amide bonds. The minimum Gasteiger partial charge on any atom is -0.276 e. The number of hydrogen-bond donors (Lipinski definition) is 1. The molecule has 2 aromatic heterocycles. The van der Waals surface area contributed by atoms with Crippen LogP contribution >= 0.6 is 0 Å². The van der Waals surface area contributed by atoms with Crippen LogP contribution in [-0.2, 0) is 6.42 Å². The highest BCUT2D eigenvalue weighted by Gasteiger charge is 1.95. The molecule has 13 heavy (non-hydrogen) atoms. The van der Waals surface area contributed by atoms with Crippen LogP contribution in [0, 0.1) is 0 Å². The van der Waals surface area contributed by atoms with E-state index in [1.165, 1.54) is 0 Å². The van der Waals surface area contributed by atoms with Crippen molar-refractivity contribution in [3.8, 4) is 0 Å². The second-order valence-corrected chi connectivity index (χ2v) is 2.49. The van der Waals surface area contributed by atoms with Crippen LogP contribution in [0.4, 0.5) is 0 Å². The van der Waals surface area contributed by atoms with Gasteiger partial charge in [-0.3, -0.25) is 10.1 Å². The normalized spacial score (nSPS) is 9.46. The van der Waals surface area contributed by atoms with E-state index in [1.807, 2.05) is 26.2 Å². The number of H-pyrrole nitrogens is 1. The van der Waals surface area contributed by atoms with E-state index in [2.05, 4.69) is 28.2 Å². The van der Waals surface area contributed by atoms with Crippen molar-refractivity contribution in [3.63, 3.8) is 0 Å². The van der Waals surface area contributed by atoms with Crippen LogP contribution in [0.15, 0.2) is 18.5 Å². The number of pyridine rings is 1. The fourth-order valence-electron chi connectivity index (χ4n) is 1.08. The Morgan fingerprint density at radius 1 is 1.31 bits per heavy atom. The number of aromatic nitrogens is 3. The summed E-state index contributed by atoms with van der Waals surface area (Å²) < 4.78 is 0. The van der Waals surface area contributed by atoms with Crippen molar-refractivity contribution in [1.29, 1.82) is 0 Å². The average molecular weight is 177 g/mol. The average Bonchev–Trinajstić information content (AvgIpc) is 2.67. The monoisotopic (exact) mass is 177 g/mol.